The van der Waals surface area contributed by atoms with Crippen LogP contribution in [0.3, 0.4) is 0 Å². The molecule has 82 valence electrons. The third-order valence-electron chi connectivity index (χ3n) is 1.98. The maximum Gasteiger partial charge on any atom is 0.222 e. The molecule has 2 amide bonds. The Morgan fingerprint density at radius 1 is 1.14 bits per heavy atom. The molecule has 0 heterocycles. The van der Waals surface area contributed by atoms with E-state index in [1.807, 2.05) is 20.8 Å². The summed E-state index contributed by atoms with van der Waals surface area (Å²) in [5, 5.41) is 5.43. The normalized spacial score (nSPS) is 11.9. The van der Waals surface area contributed by atoms with Gasteiger partial charge in [0.1, 0.15) is 0 Å². The van der Waals surface area contributed by atoms with Gasteiger partial charge in [0.05, 0.1) is 0 Å². The highest BCUT2D eigenvalue weighted by Crippen LogP contribution is 2.04. The number of nitrogens with one attached hydrogen (secondary N) is 2. The van der Waals surface area contributed by atoms with Crippen molar-refractivity contribution >= 4 is 11.8 Å². The third-order valence-corrected chi connectivity index (χ3v) is 1.98. The summed E-state index contributed by atoms with van der Waals surface area (Å²) in [6.45, 7) is 6.89. The molecule has 4 nitrogen and oxygen atoms in total. The van der Waals surface area contributed by atoms with Crippen molar-refractivity contribution < 1.29 is 9.59 Å². The van der Waals surface area contributed by atoms with Gasteiger partial charge in [-0.15, -0.1) is 0 Å². The molecule has 0 radical (unpaired) electrons. The summed E-state index contributed by atoms with van der Waals surface area (Å²) in [5.41, 5.74) is 0. The standard InChI is InChI=1S/C10H20N2O2/c1-4-11-9(13)7-6-8(3)10(14)12-5-2/h8H,4-7H2,1-3H3,(H,11,13)(H,12,14). The van der Waals surface area contributed by atoms with Gasteiger partial charge in [-0.25, -0.2) is 0 Å². The van der Waals surface area contributed by atoms with Crippen LogP contribution in [0.25, 0.3) is 0 Å². The predicted octanol–water partition coefficient (Wildman–Crippen LogP) is 0.675. The van der Waals surface area contributed by atoms with Crippen molar-refractivity contribution in [3.8, 4) is 0 Å². The van der Waals surface area contributed by atoms with E-state index in [0.717, 1.165) is 0 Å². The van der Waals surface area contributed by atoms with Crippen LogP contribution in [0.1, 0.15) is 33.6 Å². The molecule has 4 heteroatoms. The summed E-state index contributed by atoms with van der Waals surface area (Å²) in [6.07, 6.45) is 1.03. The van der Waals surface area contributed by atoms with Gasteiger partial charge in [-0.1, -0.05) is 6.92 Å². The first-order chi connectivity index (χ1) is 6.61. The molecule has 0 bridgehead atoms. The number of carbonyl (C=O) groups excluding carboxylic acids is 2. The van der Waals surface area contributed by atoms with Crippen LogP contribution in [-0.4, -0.2) is 24.9 Å². The van der Waals surface area contributed by atoms with Gasteiger partial charge < -0.3 is 10.6 Å². The average molecular weight is 200 g/mol. The second-order valence-corrected chi connectivity index (χ2v) is 3.29. The number of hydrogen-bond acceptors (Lipinski definition) is 2. The van der Waals surface area contributed by atoms with Crippen molar-refractivity contribution in [3.63, 3.8) is 0 Å². The van der Waals surface area contributed by atoms with Gasteiger partial charge in [-0.3, -0.25) is 9.59 Å². The molecule has 14 heavy (non-hydrogen) atoms. The molecule has 1 atom stereocenters. The first-order valence-electron chi connectivity index (χ1n) is 5.16. The fourth-order valence-corrected chi connectivity index (χ4v) is 1.11. The summed E-state index contributed by atoms with van der Waals surface area (Å²) in [6, 6.07) is 0. The second kappa shape index (κ2) is 7.35. The van der Waals surface area contributed by atoms with Crippen molar-refractivity contribution in [3.05, 3.63) is 0 Å². The SMILES string of the molecule is CCNC(=O)CCC(C)C(=O)NCC. The van der Waals surface area contributed by atoms with Gasteiger partial charge in [0.25, 0.3) is 0 Å². The molecule has 1 unspecified atom stereocenters. The van der Waals surface area contributed by atoms with Crippen molar-refractivity contribution in [2.75, 3.05) is 13.1 Å². The van der Waals surface area contributed by atoms with Gasteiger partial charge in [0.15, 0.2) is 0 Å². The summed E-state index contributed by atoms with van der Waals surface area (Å²) < 4.78 is 0. The molecule has 2 N–H and O–H groups in total. The number of rotatable bonds is 6. The van der Waals surface area contributed by atoms with E-state index in [4.69, 9.17) is 0 Å². The van der Waals surface area contributed by atoms with E-state index < -0.39 is 0 Å². The topological polar surface area (TPSA) is 58.2 Å². The minimum atomic E-state index is -0.0856. The summed E-state index contributed by atoms with van der Waals surface area (Å²) in [5.74, 6) is -0.0435. The first-order valence-corrected chi connectivity index (χ1v) is 5.16. The molecule has 0 aliphatic rings. The number of carbonyl (C=O) groups is 2. The highest BCUT2D eigenvalue weighted by Gasteiger charge is 2.12. The fraction of sp³-hybridized carbons (Fsp3) is 0.800. The van der Waals surface area contributed by atoms with Crippen LogP contribution in [0.5, 0.6) is 0 Å². The van der Waals surface area contributed by atoms with E-state index in [2.05, 4.69) is 10.6 Å². The lowest BCUT2D eigenvalue weighted by atomic mass is 10.0. The monoisotopic (exact) mass is 200 g/mol. The van der Waals surface area contributed by atoms with Gasteiger partial charge in [0.2, 0.25) is 11.8 Å². The Morgan fingerprint density at radius 2 is 1.71 bits per heavy atom. The number of hydrogen-bond donors (Lipinski definition) is 2. The first kappa shape index (κ1) is 12.9. The Morgan fingerprint density at radius 3 is 2.21 bits per heavy atom. The summed E-state index contributed by atoms with van der Waals surface area (Å²) in [4.78, 5) is 22.4. The average Bonchev–Trinajstić information content (AvgIpc) is 2.15. The quantitative estimate of drug-likeness (QED) is 0.662. The van der Waals surface area contributed by atoms with E-state index in [-0.39, 0.29) is 17.7 Å². The molecule has 0 rings (SSSR count). The van der Waals surface area contributed by atoms with Crippen LogP contribution in [0, 0.1) is 5.92 Å². The van der Waals surface area contributed by atoms with Crippen LogP contribution in [0.4, 0.5) is 0 Å². The van der Waals surface area contributed by atoms with Crippen LogP contribution < -0.4 is 10.6 Å². The van der Waals surface area contributed by atoms with Crippen molar-refractivity contribution in [1.29, 1.82) is 0 Å². The number of amides is 2. The molecular formula is C10H20N2O2. The Labute approximate surface area is 85.4 Å². The zero-order valence-corrected chi connectivity index (χ0v) is 9.22. The molecule has 0 saturated carbocycles. The summed E-state index contributed by atoms with van der Waals surface area (Å²) in [7, 11) is 0. The van der Waals surface area contributed by atoms with Gasteiger partial charge in [-0.2, -0.15) is 0 Å². The van der Waals surface area contributed by atoms with E-state index >= 15 is 0 Å². The molecule has 0 saturated heterocycles. The molecule has 0 aromatic heterocycles. The van der Waals surface area contributed by atoms with Crippen molar-refractivity contribution in [1.82, 2.24) is 10.6 Å². The van der Waals surface area contributed by atoms with Crippen molar-refractivity contribution in [2.24, 2.45) is 5.92 Å². The Kier molecular flexibility index (Phi) is 6.80. The van der Waals surface area contributed by atoms with E-state index in [9.17, 15) is 9.59 Å². The minimum absolute atomic E-state index is 0.0173. The molecule has 0 aliphatic heterocycles. The van der Waals surface area contributed by atoms with E-state index in [1.165, 1.54) is 0 Å². The van der Waals surface area contributed by atoms with Crippen LogP contribution >= 0.6 is 0 Å². The van der Waals surface area contributed by atoms with Gasteiger partial charge >= 0.3 is 0 Å². The predicted molar refractivity (Wildman–Crippen MR) is 55.8 cm³/mol. The lowest BCUT2D eigenvalue weighted by Gasteiger charge is -2.10. The fourth-order valence-electron chi connectivity index (χ4n) is 1.11. The minimum Gasteiger partial charge on any atom is -0.356 e. The molecular weight excluding hydrogens is 180 g/mol. The Hall–Kier alpha value is -1.06. The zero-order chi connectivity index (χ0) is 11.0. The smallest absolute Gasteiger partial charge is 0.222 e. The molecule has 0 aromatic rings. The Bertz CT molecular complexity index is 193. The lowest BCUT2D eigenvalue weighted by molar-refractivity contribution is -0.125. The molecule has 0 spiro atoms. The van der Waals surface area contributed by atoms with Crippen LogP contribution in [-0.2, 0) is 9.59 Å². The zero-order valence-electron chi connectivity index (χ0n) is 9.22. The van der Waals surface area contributed by atoms with Crippen molar-refractivity contribution in [2.45, 2.75) is 33.6 Å². The molecule has 0 aromatic carbocycles. The lowest BCUT2D eigenvalue weighted by Crippen LogP contribution is -2.30. The highest BCUT2D eigenvalue weighted by atomic mass is 16.2. The maximum atomic E-state index is 11.3. The second-order valence-electron chi connectivity index (χ2n) is 3.29. The van der Waals surface area contributed by atoms with Crippen LogP contribution in [0.2, 0.25) is 0 Å². The van der Waals surface area contributed by atoms with Crippen LogP contribution in [0.15, 0.2) is 0 Å². The van der Waals surface area contributed by atoms with E-state index in [0.29, 0.717) is 25.9 Å². The largest absolute Gasteiger partial charge is 0.356 e. The van der Waals surface area contributed by atoms with E-state index in [1.54, 1.807) is 0 Å². The van der Waals surface area contributed by atoms with Gasteiger partial charge in [-0.05, 0) is 20.3 Å². The summed E-state index contributed by atoms with van der Waals surface area (Å²) >= 11 is 0. The highest BCUT2D eigenvalue weighted by molar-refractivity contribution is 5.80. The Balaban J connectivity index is 3.67. The maximum absolute atomic E-state index is 11.3. The molecule has 0 aliphatic carbocycles. The van der Waals surface area contributed by atoms with Gasteiger partial charge in [0, 0.05) is 25.4 Å². The third kappa shape index (κ3) is 5.56. The molecule has 0 fully saturated rings.